The highest BCUT2D eigenvalue weighted by Crippen LogP contribution is 2.24. The van der Waals surface area contributed by atoms with Crippen molar-refractivity contribution >= 4 is 17.7 Å². The van der Waals surface area contributed by atoms with Gasteiger partial charge in [0.25, 0.3) is 0 Å². The zero-order chi connectivity index (χ0) is 24.6. The summed E-state index contributed by atoms with van der Waals surface area (Å²) in [6.07, 6.45) is 0. The molecule has 0 radical (unpaired) electrons. The quantitative estimate of drug-likeness (QED) is 0.321. The third-order valence-electron chi connectivity index (χ3n) is 5.77. The molecule has 0 saturated heterocycles. The second-order valence-corrected chi connectivity index (χ2v) is 9.12. The maximum Gasteiger partial charge on any atom is 0.230 e. The van der Waals surface area contributed by atoms with Crippen molar-refractivity contribution in [3.8, 4) is 11.4 Å². The summed E-state index contributed by atoms with van der Waals surface area (Å²) in [5.74, 6) is 0.950. The Morgan fingerprint density at radius 1 is 1.03 bits per heavy atom. The largest absolute Gasteiger partial charge is 0.383 e. The molecule has 1 N–H and O–H groups in total. The molecule has 0 spiro atoms. The van der Waals surface area contributed by atoms with E-state index in [2.05, 4.69) is 32.7 Å². The smallest absolute Gasteiger partial charge is 0.230 e. The van der Waals surface area contributed by atoms with Crippen molar-refractivity contribution in [2.24, 2.45) is 0 Å². The van der Waals surface area contributed by atoms with Crippen molar-refractivity contribution in [2.75, 3.05) is 19.5 Å². The lowest BCUT2D eigenvalue weighted by atomic mass is 10.2. The van der Waals surface area contributed by atoms with Gasteiger partial charge in [0, 0.05) is 30.5 Å². The normalized spacial score (nSPS) is 11.1. The summed E-state index contributed by atoms with van der Waals surface area (Å²) in [6, 6.07) is 20.1. The molecular weight excluding hydrogens is 460 g/mol. The molecule has 4 aromatic rings. The molecule has 2 aromatic carbocycles. The first-order valence-corrected chi connectivity index (χ1v) is 12.5. The van der Waals surface area contributed by atoms with Crippen LogP contribution in [0.4, 0.5) is 0 Å². The van der Waals surface area contributed by atoms with Crippen LogP contribution in [0.15, 0.2) is 65.8 Å². The number of benzene rings is 2. The van der Waals surface area contributed by atoms with E-state index in [1.165, 1.54) is 17.3 Å². The first kappa shape index (κ1) is 24.7. The molecule has 182 valence electrons. The van der Waals surface area contributed by atoms with Gasteiger partial charge in [0.1, 0.15) is 0 Å². The number of methoxy groups -OCH3 is 1. The molecule has 8 nitrogen and oxygen atoms in total. The molecule has 35 heavy (non-hydrogen) atoms. The van der Waals surface area contributed by atoms with Gasteiger partial charge in [0.2, 0.25) is 5.91 Å². The molecule has 0 fully saturated rings. The summed E-state index contributed by atoms with van der Waals surface area (Å²) in [6.45, 7) is 6.31. The van der Waals surface area contributed by atoms with Gasteiger partial charge < -0.3 is 10.1 Å². The molecule has 0 aliphatic carbocycles. The summed E-state index contributed by atoms with van der Waals surface area (Å²) < 4.78 is 9.25. The van der Waals surface area contributed by atoms with Gasteiger partial charge in [-0.3, -0.25) is 14.0 Å². The second-order valence-electron chi connectivity index (χ2n) is 8.17. The van der Waals surface area contributed by atoms with Crippen molar-refractivity contribution in [1.29, 1.82) is 0 Å². The van der Waals surface area contributed by atoms with E-state index in [1.54, 1.807) is 7.11 Å². The summed E-state index contributed by atoms with van der Waals surface area (Å²) in [5, 5.41) is 17.1. The van der Waals surface area contributed by atoms with Crippen LogP contribution in [0.5, 0.6) is 0 Å². The van der Waals surface area contributed by atoms with Crippen LogP contribution in [-0.4, -0.2) is 49.9 Å². The fourth-order valence-electron chi connectivity index (χ4n) is 3.85. The molecule has 1 amide bonds. The predicted octanol–water partition coefficient (Wildman–Crippen LogP) is 3.86. The lowest BCUT2D eigenvalue weighted by Gasteiger charge is -2.10. The minimum Gasteiger partial charge on any atom is -0.383 e. The average molecular weight is 491 g/mol. The van der Waals surface area contributed by atoms with E-state index in [9.17, 15) is 4.79 Å². The van der Waals surface area contributed by atoms with E-state index < -0.39 is 0 Å². The maximum absolute atomic E-state index is 12.7. The number of carbonyl (C=O) groups is 1. The van der Waals surface area contributed by atoms with Crippen molar-refractivity contribution in [1.82, 2.24) is 29.9 Å². The van der Waals surface area contributed by atoms with Crippen LogP contribution >= 0.6 is 11.8 Å². The van der Waals surface area contributed by atoms with Gasteiger partial charge in [-0.25, -0.2) is 0 Å². The molecule has 4 rings (SSSR count). The number of thioether (sulfide) groups is 1. The molecule has 0 atom stereocenters. The number of amides is 1. The number of carbonyl (C=O) groups excluding carboxylic acids is 1. The SMILES string of the molecule is COCCn1c(SCC(=O)NCc2c(C)nn(Cc3ccccc3)c2C)nnc1-c1ccccc1. The predicted molar refractivity (Wildman–Crippen MR) is 137 cm³/mol. The fraction of sp³-hybridized carbons (Fsp3) is 0.308. The van der Waals surface area contributed by atoms with Gasteiger partial charge in [-0.15, -0.1) is 10.2 Å². The first-order valence-electron chi connectivity index (χ1n) is 11.5. The van der Waals surface area contributed by atoms with Crippen LogP contribution in [0.3, 0.4) is 0 Å². The average Bonchev–Trinajstić information content (AvgIpc) is 3.40. The second kappa shape index (κ2) is 11.8. The molecule has 0 aliphatic rings. The van der Waals surface area contributed by atoms with Gasteiger partial charge in [0.15, 0.2) is 11.0 Å². The topological polar surface area (TPSA) is 86.9 Å². The number of aryl methyl sites for hydroxylation is 1. The highest BCUT2D eigenvalue weighted by Gasteiger charge is 2.17. The standard InChI is InChI=1S/C26H30N6O2S/c1-19-23(20(2)32(30-19)17-21-10-6-4-7-11-21)16-27-24(33)18-35-26-29-28-25(31(26)14-15-34-3)22-12-8-5-9-13-22/h4-13H,14-18H2,1-3H3,(H,27,33). The highest BCUT2D eigenvalue weighted by molar-refractivity contribution is 7.99. The maximum atomic E-state index is 12.7. The van der Waals surface area contributed by atoms with Crippen LogP contribution in [-0.2, 0) is 29.2 Å². The summed E-state index contributed by atoms with van der Waals surface area (Å²) in [7, 11) is 1.67. The monoisotopic (exact) mass is 490 g/mol. The molecule has 0 bridgehead atoms. The third-order valence-corrected chi connectivity index (χ3v) is 6.74. The number of nitrogens with zero attached hydrogens (tertiary/aromatic N) is 5. The lowest BCUT2D eigenvalue weighted by molar-refractivity contribution is -0.118. The zero-order valence-electron chi connectivity index (χ0n) is 20.3. The van der Waals surface area contributed by atoms with Gasteiger partial charge in [-0.05, 0) is 19.4 Å². The number of rotatable bonds is 11. The molecule has 0 unspecified atom stereocenters. The van der Waals surface area contributed by atoms with E-state index in [1.807, 2.05) is 71.6 Å². The number of hydrogen-bond acceptors (Lipinski definition) is 6. The number of aromatic nitrogens is 5. The van der Waals surface area contributed by atoms with E-state index in [4.69, 9.17) is 4.74 Å². The van der Waals surface area contributed by atoms with Gasteiger partial charge in [0.05, 0.1) is 31.1 Å². The Balaban J connectivity index is 1.37. The van der Waals surface area contributed by atoms with Crippen molar-refractivity contribution in [3.63, 3.8) is 0 Å². The number of ether oxygens (including phenoxy) is 1. The van der Waals surface area contributed by atoms with E-state index >= 15 is 0 Å². The Kier molecular flexibility index (Phi) is 8.33. The number of nitrogens with one attached hydrogen (secondary N) is 1. The fourth-order valence-corrected chi connectivity index (χ4v) is 4.64. The molecule has 2 heterocycles. The van der Waals surface area contributed by atoms with Crippen molar-refractivity contribution < 1.29 is 9.53 Å². The van der Waals surface area contributed by atoms with Crippen molar-refractivity contribution in [3.05, 3.63) is 83.2 Å². The van der Waals surface area contributed by atoms with Crippen LogP contribution in [0.25, 0.3) is 11.4 Å². The van der Waals surface area contributed by atoms with Crippen LogP contribution < -0.4 is 5.32 Å². The van der Waals surface area contributed by atoms with Crippen LogP contribution in [0, 0.1) is 13.8 Å². The highest BCUT2D eigenvalue weighted by atomic mass is 32.2. The minimum absolute atomic E-state index is 0.0628. The van der Waals surface area contributed by atoms with Crippen molar-refractivity contribution in [2.45, 2.75) is 38.6 Å². The van der Waals surface area contributed by atoms with Gasteiger partial charge in [-0.2, -0.15) is 5.10 Å². The zero-order valence-corrected chi connectivity index (χ0v) is 21.1. The molecule has 0 aliphatic heterocycles. The summed E-state index contributed by atoms with van der Waals surface area (Å²) >= 11 is 1.37. The Hall–Kier alpha value is -3.43. The Bertz CT molecular complexity index is 1250. The first-order chi connectivity index (χ1) is 17.1. The molecular formula is C26H30N6O2S. The van der Waals surface area contributed by atoms with E-state index in [0.29, 0.717) is 31.4 Å². The molecule has 9 heteroatoms. The van der Waals surface area contributed by atoms with Gasteiger partial charge >= 0.3 is 0 Å². The van der Waals surface area contributed by atoms with E-state index in [0.717, 1.165) is 28.3 Å². The lowest BCUT2D eigenvalue weighted by Crippen LogP contribution is -2.25. The van der Waals surface area contributed by atoms with Crippen LogP contribution in [0.2, 0.25) is 0 Å². The van der Waals surface area contributed by atoms with Gasteiger partial charge in [-0.1, -0.05) is 72.4 Å². The minimum atomic E-state index is -0.0628. The summed E-state index contributed by atoms with van der Waals surface area (Å²) in [5.41, 5.74) is 5.21. The Morgan fingerprint density at radius 2 is 1.74 bits per heavy atom. The molecule has 2 aromatic heterocycles. The summed E-state index contributed by atoms with van der Waals surface area (Å²) in [4.78, 5) is 12.7. The number of hydrogen-bond donors (Lipinski definition) is 1. The van der Waals surface area contributed by atoms with E-state index in [-0.39, 0.29) is 11.7 Å². The Morgan fingerprint density at radius 3 is 2.46 bits per heavy atom. The molecule has 0 saturated carbocycles. The Labute approximate surface area is 209 Å². The van der Waals surface area contributed by atoms with Crippen LogP contribution in [0.1, 0.15) is 22.5 Å². The third kappa shape index (κ3) is 6.17.